The number of nitrogens with zero attached hydrogens (tertiary/aromatic N) is 4. The van der Waals surface area contributed by atoms with Crippen LogP contribution in [0.15, 0.2) is 48.7 Å². The van der Waals surface area contributed by atoms with Gasteiger partial charge in [0.2, 0.25) is 5.91 Å². The predicted molar refractivity (Wildman–Crippen MR) is 127 cm³/mol. The molecule has 0 unspecified atom stereocenters. The Morgan fingerprint density at radius 1 is 1.16 bits per heavy atom. The maximum Gasteiger partial charge on any atom is 0.238 e. The molecule has 0 saturated carbocycles. The van der Waals surface area contributed by atoms with E-state index in [9.17, 15) is 4.79 Å². The van der Waals surface area contributed by atoms with Crippen molar-refractivity contribution in [3.8, 4) is 10.6 Å². The van der Waals surface area contributed by atoms with Crippen molar-refractivity contribution in [2.75, 3.05) is 18.9 Å². The summed E-state index contributed by atoms with van der Waals surface area (Å²) in [5.41, 5.74) is 6.39. The molecule has 4 aromatic rings. The number of anilines is 1. The van der Waals surface area contributed by atoms with Gasteiger partial charge < -0.3 is 5.32 Å². The van der Waals surface area contributed by atoms with E-state index in [1.165, 1.54) is 10.3 Å². The third-order valence-corrected chi connectivity index (χ3v) is 6.38. The van der Waals surface area contributed by atoms with Gasteiger partial charge in [-0.3, -0.25) is 14.4 Å². The van der Waals surface area contributed by atoms with Crippen molar-refractivity contribution in [1.29, 1.82) is 0 Å². The van der Waals surface area contributed by atoms with Crippen molar-refractivity contribution in [1.82, 2.24) is 19.7 Å². The fourth-order valence-electron chi connectivity index (χ4n) is 3.60. The number of rotatable bonds is 7. The number of hydrogen-bond donors (Lipinski definition) is 1. The second-order valence-corrected chi connectivity index (χ2v) is 8.89. The van der Waals surface area contributed by atoms with Gasteiger partial charge in [0.15, 0.2) is 0 Å². The van der Waals surface area contributed by atoms with E-state index >= 15 is 0 Å². The SMILES string of the molecule is CCn1ncc(CN(C)CC(=O)Nc2ccc(-c3nc4ccc(C)cc4s3)cc2)c1C. The topological polar surface area (TPSA) is 63.1 Å². The zero-order chi connectivity index (χ0) is 22.0. The summed E-state index contributed by atoms with van der Waals surface area (Å²) in [6.07, 6.45) is 1.88. The van der Waals surface area contributed by atoms with Crippen LogP contribution in [0.3, 0.4) is 0 Å². The molecule has 2 aromatic heterocycles. The van der Waals surface area contributed by atoms with E-state index in [4.69, 9.17) is 4.98 Å². The summed E-state index contributed by atoms with van der Waals surface area (Å²) in [4.78, 5) is 19.2. The van der Waals surface area contributed by atoms with Crippen LogP contribution in [-0.4, -0.2) is 39.2 Å². The van der Waals surface area contributed by atoms with E-state index in [1.807, 2.05) is 47.1 Å². The monoisotopic (exact) mass is 433 g/mol. The first-order valence-electron chi connectivity index (χ1n) is 10.4. The summed E-state index contributed by atoms with van der Waals surface area (Å²) in [5, 5.41) is 8.34. The largest absolute Gasteiger partial charge is 0.325 e. The first-order valence-corrected chi connectivity index (χ1v) is 11.2. The van der Waals surface area contributed by atoms with Crippen molar-refractivity contribution in [3.05, 3.63) is 65.5 Å². The average Bonchev–Trinajstić information content (AvgIpc) is 3.31. The summed E-state index contributed by atoms with van der Waals surface area (Å²) >= 11 is 1.69. The van der Waals surface area contributed by atoms with Gasteiger partial charge in [0.25, 0.3) is 0 Å². The summed E-state index contributed by atoms with van der Waals surface area (Å²) in [6, 6.07) is 14.2. The van der Waals surface area contributed by atoms with Gasteiger partial charge in [-0.15, -0.1) is 11.3 Å². The number of nitrogens with one attached hydrogen (secondary N) is 1. The molecule has 4 rings (SSSR count). The van der Waals surface area contributed by atoms with Gasteiger partial charge in [0, 0.05) is 35.6 Å². The second kappa shape index (κ2) is 8.99. The molecule has 1 amide bonds. The zero-order valence-electron chi connectivity index (χ0n) is 18.3. The number of benzene rings is 2. The molecule has 1 N–H and O–H groups in total. The van der Waals surface area contributed by atoms with Gasteiger partial charge in [-0.25, -0.2) is 4.98 Å². The number of fused-ring (bicyclic) bond motifs is 1. The molecule has 0 aliphatic carbocycles. The minimum atomic E-state index is -0.0359. The molecule has 0 spiro atoms. The second-order valence-electron chi connectivity index (χ2n) is 7.86. The van der Waals surface area contributed by atoms with E-state index in [1.54, 1.807) is 11.3 Å². The maximum atomic E-state index is 12.5. The van der Waals surface area contributed by atoms with Gasteiger partial charge in [0.1, 0.15) is 5.01 Å². The molecular formula is C24H27N5OS. The first kappa shape index (κ1) is 21.2. The summed E-state index contributed by atoms with van der Waals surface area (Å²) < 4.78 is 3.16. The fraction of sp³-hybridized carbons (Fsp3) is 0.292. The van der Waals surface area contributed by atoms with Crippen LogP contribution in [0.4, 0.5) is 5.69 Å². The molecule has 2 aromatic carbocycles. The Kier molecular flexibility index (Phi) is 6.15. The first-order chi connectivity index (χ1) is 14.9. The predicted octanol–water partition coefficient (Wildman–Crippen LogP) is 4.87. The number of aromatic nitrogens is 3. The average molecular weight is 434 g/mol. The highest BCUT2D eigenvalue weighted by molar-refractivity contribution is 7.21. The molecule has 0 saturated heterocycles. The lowest BCUT2D eigenvalue weighted by molar-refractivity contribution is -0.117. The minimum absolute atomic E-state index is 0.0359. The third-order valence-electron chi connectivity index (χ3n) is 5.32. The van der Waals surface area contributed by atoms with Crippen LogP contribution in [0.25, 0.3) is 20.8 Å². The zero-order valence-corrected chi connectivity index (χ0v) is 19.2. The molecule has 160 valence electrons. The van der Waals surface area contributed by atoms with Crippen LogP contribution in [-0.2, 0) is 17.9 Å². The highest BCUT2D eigenvalue weighted by Crippen LogP contribution is 2.31. The van der Waals surface area contributed by atoms with Crippen LogP contribution < -0.4 is 5.32 Å². The Morgan fingerprint density at radius 2 is 1.94 bits per heavy atom. The Bertz CT molecular complexity index is 1210. The lowest BCUT2D eigenvalue weighted by Crippen LogP contribution is -2.30. The molecule has 0 radical (unpaired) electrons. The van der Waals surface area contributed by atoms with E-state index < -0.39 is 0 Å². The summed E-state index contributed by atoms with van der Waals surface area (Å²) in [6.45, 7) is 8.08. The molecule has 0 fully saturated rings. The van der Waals surface area contributed by atoms with Crippen molar-refractivity contribution in [3.63, 3.8) is 0 Å². The van der Waals surface area contributed by atoms with Crippen LogP contribution >= 0.6 is 11.3 Å². The molecule has 2 heterocycles. The molecule has 0 atom stereocenters. The van der Waals surface area contributed by atoms with Gasteiger partial charge >= 0.3 is 0 Å². The third kappa shape index (κ3) is 4.84. The number of likely N-dealkylation sites (N-methyl/N-ethyl adjacent to an activating group) is 1. The minimum Gasteiger partial charge on any atom is -0.325 e. The molecular weight excluding hydrogens is 406 g/mol. The normalized spacial score (nSPS) is 11.4. The number of amides is 1. The summed E-state index contributed by atoms with van der Waals surface area (Å²) in [7, 11) is 1.94. The Balaban J connectivity index is 1.36. The van der Waals surface area contributed by atoms with Crippen molar-refractivity contribution < 1.29 is 4.79 Å². The quantitative estimate of drug-likeness (QED) is 0.452. The maximum absolute atomic E-state index is 12.5. The van der Waals surface area contributed by atoms with Gasteiger partial charge in [0.05, 0.1) is 23.0 Å². The highest BCUT2D eigenvalue weighted by Gasteiger charge is 2.12. The van der Waals surface area contributed by atoms with Gasteiger partial charge in [-0.05, 0) is 69.8 Å². The highest BCUT2D eigenvalue weighted by atomic mass is 32.1. The molecule has 31 heavy (non-hydrogen) atoms. The lowest BCUT2D eigenvalue weighted by atomic mass is 10.2. The van der Waals surface area contributed by atoms with Crippen molar-refractivity contribution >= 4 is 33.1 Å². The van der Waals surface area contributed by atoms with E-state index in [-0.39, 0.29) is 5.91 Å². The van der Waals surface area contributed by atoms with E-state index in [2.05, 4.69) is 49.4 Å². The number of thiazole rings is 1. The number of hydrogen-bond acceptors (Lipinski definition) is 5. The Hall–Kier alpha value is -3.03. The molecule has 0 bridgehead atoms. The van der Waals surface area contributed by atoms with Crippen molar-refractivity contribution in [2.45, 2.75) is 33.9 Å². The fourth-order valence-corrected chi connectivity index (χ4v) is 4.67. The van der Waals surface area contributed by atoms with Gasteiger partial charge in [-0.1, -0.05) is 6.07 Å². The lowest BCUT2D eigenvalue weighted by Gasteiger charge is -2.16. The summed E-state index contributed by atoms with van der Waals surface area (Å²) in [5.74, 6) is -0.0359. The number of carbonyl (C=O) groups is 1. The number of carbonyl (C=O) groups excluding carboxylic acids is 1. The molecule has 6 nitrogen and oxygen atoms in total. The Labute approximate surface area is 186 Å². The van der Waals surface area contributed by atoms with Crippen LogP contribution in [0, 0.1) is 13.8 Å². The van der Waals surface area contributed by atoms with Gasteiger partial charge in [-0.2, -0.15) is 5.10 Å². The molecule has 7 heteroatoms. The van der Waals surface area contributed by atoms with E-state index in [0.717, 1.165) is 39.6 Å². The molecule has 0 aliphatic heterocycles. The van der Waals surface area contributed by atoms with Crippen LogP contribution in [0.1, 0.15) is 23.7 Å². The van der Waals surface area contributed by atoms with Crippen LogP contribution in [0.2, 0.25) is 0 Å². The number of aryl methyl sites for hydroxylation is 2. The van der Waals surface area contributed by atoms with Crippen molar-refractivity contribution in [2.24, 2.45) is 0 Å². The van der Waals surface area contributed by atoms with E-state index in [0.29, 0.717) is 13.1 Å². The molecule has 0 aliphatic rings. The smallest absolute Gasteiger partial charge is 0.238 e. The van der Waals surface area contributed by atoms with Crippen LogP contribution in [0.5, 0.6) is 0 Å². The Morgan fingerprint density at radius 3 is 2.65 bits per heavy atom. The standard InChI is InChI=1S/C24H27N5OS/c1-5-29-17(3)19(13-25-29)14-28(4)15-23(30)26-20-9-7-18(8-10-20)24-27-21-11-6-16(2)12-22(21)31-24/h6-13H,5,14-15H2,1-4H3,(H,26,30).